The van der Waals surface area contributed by atoms with Crippen LogP contribution in [0.15, 0.2) is 42.5 Å². The van der Waals surface area contributed by atoms with Crippen molar-refractivity contribution in [1.82, 2.24) is 4.90 Å². The second-order valence-electron chi connectivity index (χ2n) is 8.10. The predicted octanol–water partition coefficient (Wildman–Crippen LogP) is 4.33. The number of likely N-dealkylation sites (N-methyl/N-ethyl adjacent to an activating group) is 1. The molecule has 1 atom stereocenters. The second kappa shape index (κ2) is 9.73. The number of hydrogen-bond donors (Lipinski definition) is 2. The third-order valence-corrected chi connectivity index (χ3v) is 5.23. The van der Waals surface area contributed by atoms with Gasteiger partial charge in [-0.15, -0.1) is 0 Å². The number of aromatic hydroxyl groups is 1. The van der Waals surface area contributed by atoms with Crippen molar-refractivity contribution in [3.8, 4) is 11.5 Å². The molecule has 0 heterocycles. The summed E-state index contributed by atoms with van der Waals surface area (Å²) in [6.45, 7) is 6.37. The maximum Gasteiger partial charge on any atom is 0.274 e. The Balaban J connectivity index is 2.55. The summed E-state index contributed by atoms with van der Waals surface area (Å²) in [6, 6.07) is 12.2. The molecule has 1 unspecified atom stereocenters. The summed E-state index contributed by atoms with van der Waals surface area (Å²) in [5, 5.41) is 31.7. The van der Waals surface area contributed by atoms with E-state index in [0.29, 0.717) is 18.5 Å². The van der Waals surface area contributed by atoms with Crippen molar-refractivity contribution in [3.63, 3.8) is 0 Å². The van der Waals surface area contributed by atoms with Gasteiger partial charge >= 0.3 is 0 Å². The van der Waals surface area contributed by atoms with Crippen LogP contribution in [0.3, 0.4) is 0 Å². The summed E-state index contributed by atoms with van der Waals surface area (Å²) in [4.78, 5) is 12.9. The van der Waals surface area contributed by atoms with Gasteiger partial charge in [-0.25, -0.2) is 0 Å². The number of methoxy groups -OCH3 is 1. The highest BCUT2D eigenvalue weighted by molar-refractivity contribution is 5.85. The summed E-state index contributed by atoms with van der Waals surface area (Å²) in [5.41, 5.74) is 1.66. The number of hydrogen-bond acceptors (Lipinski definition) is 6. The molecule has 0 spiro atoms. The molecule has 0 fully saturated rings. The van der Waals surface area contributed by atoms with Gasteiger partial charge in [0.1, 0.15) is 0 Å². The van der Waals surface area contributed by atoms with Crippen LogP contribution in [0.25, 0.3) is 11.6 Å². The summed E-state index contributed by atoms with van der Waals surface area (Å²) in [7, 11) is 3.32. The largest absolute Gasteiger partial charge is 0.504 e. The van der Waals surface area contributed by atoms with Gasteiger partial charge in [-0.05, 0) is 51.5 Å². The highest BCUT2D eigenvalue weighted by Crippen LogP contribution is 2.37. The lowest BCUT2D eigenvalue weighted by molar-refractivity contribution is -0.385. The molecule has 30 heavy (non-hydrogen) atoms. The van der Waals surface area contributed by atoms with Crippen LogP contribution in [0.1, 0.15) is 38.3 Å². The number of nitro groups is 1. The summed E-state index contributed by atoms with van der Waals surface area (Å²) >= 11 is 0. The van der Waals surface area contributed by atoms with Crippen LogP contribution in [0.2, 0.25) is 0 Å². The summed E-state index contributed by atoms with van der Waals surface area (Å²) < 4.78 is 5.12. The zero-order chi connectivity index (χ0) is 22.5. The van der Waals surface area contributed by atoms with E-state index in [2.05, 4.69) is 18.7 Å². The van der Waals surface area contributed by atoms with Gasteiger partial charge in [-0.3, -0.25) is 15.0 Å². The first-order valence-electron chi connectivity index (χ1n) is 9.76. The van der Waals surface area contributed by atoms with E-state index in [9.17, 15) is 20.3 Å². The zero-order valence-electron chi connectivity index (χ0n) is 18.1. The molecule has 2 rings (SSSR count). The average molecular weight is 415 g/mol. The fourth-order valence-electron chi connectivity index (χ4n) is 3.39. The Hall–Kier alpha value is -2.90. The van der Waals surface area contributed by atoms with Crippen molar-refractivity contribution in [2.45, 2.75) is 38.8 Å². The Morgan fingerprint density at radius 3 is 2.47 bits per heavy atom. The Kier molecular flexibility index (Phi) is 7.59. The Morgan fingerprint density at radius 1 is 1.30 bits per heavy atom. The SMILES string of the molecule is COc1cc([N+](=O)[O-])cc(/C=C(/CN(C)C(C)(C)CC(C)O)c2ccccc2)c1O. The molecule has 2 aromatic carbocycles. The fourth-order valence-corrected chi connectivity index (χ4v) is 3.39. The number of aliphatic hydroxyl groups excluding tert-OH is 1. The molecule has 0 saturated heterocycles. The number of phenolic OH excluding ortho intramolecular Hbond substituents is 1. The smallest absolute Gasteiger partial charge is 0.274 e. The van der Waals surface area contributed by atoms with E-state index in [-0.39, 0.29) is 22.7 Å². The first-order valence-corrected chi connectivity index (χ1v) is 9.76. The van der Waals surface area contributed by atoms with Crippen LogP contribution in [-0.4, -0.2) is 52.4 Å². The van der Waals surface area contributed by atoms with Gasteiger partial charge in [-0.1, -0.05) is 30.3 Å². The third-order valence-electron chi connectivity index (χ3n) is 5.23. The van der Waals surface area contributed by atoms with Crippen molar-refractivity contribution in [1.29, 1.82) is 0 Å². The lowest BCUT2D eigenvalue weighted by atomic mass is 9.93. The van der Waals surface area contributed by atoms with Crippen molar-refractivity contribution in [2.24, 2.45) is 0 Å². The second-order valence-corrected chi connectivity index (χ2v) is 8.10. The first kappa shape index (κ1) is 23.4. The number of phenols is 1. The average Bonchev–Trinajstić information content (AvgIpc) is 2.68. The van der Waals surface area contributed by atoms with Crippen molar-refractivity contribution in [2.75, 3.05) is 20.7 Å². The number of aliphatic hydroxyl groups is 1. The molecule has 7 nitrogen and oxygen atoms in total. The minimum absolute atomic E-state index is 0.0469. The minimum Gasteiger partial charge on any atom is -0.504 e. The standard InChI is InChI=1S/C23H30N2O5/c1-16(26)14-23(2,3)24(4)15-19(17-9-7-6-8-10-17)11-18-12-20(25(28)29)13-21(30-5)22(18)27/h6-13,16,26-27H,14-15H2,1-5H3/b19-11-. The summed E-state index contributed by atoms with van der Waals surface area (Å²) in [6.07, 6.45) is 1.88. The normalized spacial score (nSPS) is 13.4. The molecule has 0 saturated carbocycles. The van der Waals surface area contributed by atoms with Crippen molar-refractivity contribution < 1.29 is 19.9 Å². The molecule has 0 amide bonds. The molecule has 2 aromatic rings. The van der Waals surface area contributed by atoms with Crippen LogP contribution >= 0.6 is 0 Å². The lowest BCUT2D eigenvalue weighted by Crippen LogP contribution is -2.44. The van der Waals surface area contributed by atoms with E-state index < -0.39 is 11.0 Å². The van der Waals surface area contributed by atoms with E-state index in [1.807, 2.05) is 37.4 Å². The van der Waals surface area contributed by atoms with E-state index in [1.165, 1.54) is 19.2 Å². The highest BCUT2D eigenvalue weighted by atomic mass is 16.6. The van der Waals surface area contributed by atoms with Gasteiger partial charge in [0.2, 0.25) is 0 Å². The molecule has 162 valence electrons. The number of ether oxygens (including phenoxy) is 1. The van der Waals surface area contributed by atoms with E-state index in [1.54, 1.807) is 13.0 Å². The molecule has 2 N–H and O–H groups in total. The molecule has 7 heteroatoms. The van der Waals surface area contributed by atoms with Crippen LogP contribution in [0.4, 0.5) is 5.69 Å². The molecule has 0 aliphatic heterocycles. The predicted molar refractivity (Wildman–Crippen MR) is 119 cm³/mol. The molecular formula is C23H30N2O5. The third kappa shape index (κ3) is 5.81. The lowest BCUT2D eigenvalue weighted by Gasteiger charge is -2.37. The Morgan fingerprint density at radius 2 is 1.93 bits per heavy atom. The van der Waals surface area contributed by atoms with Gasteiger partial charge in [-0.2, -0.15) is 0 Å². The van der Waals surface area contributed by atoms with Gasteiger partial charge in [0.05, 0.1) is 24.2 Å². The van der Waals surface area contributed by atoms with Crippen LogP contribution in [0, 0.1) is 10.1 Å². The maximum absolute atomic E-state index is 11.3. The maximum atomic E-state index is 11.3. The highest BCUT2D eigenvalue weighted by Gasteiger charge is 2.26. The molecule has 0 radical (unpaired) electrons. The topological polar surface area (TPSA) is 96.1 Å². The zero-order valence-corrected chi connectivity index (χ0v) is 18.1. The van der Waals surface area contributed by atoms with Crippen molar-refractivity contribution >= 4 is 17.3 Å². The fraction of sp³-hybridized carbons (Fsp3) is 0.391. The number of non-ortho nitro benzene ring substituents is 1. The Labute approximate surface area is 177 Å². The van der Waals surface area contributed by atoms with Crippen LogP contribution < -0.4 is 4.74 Å². The quantitative estimate of drug-likeness (QED) is 0.360. The van der Waals surface area contributed by atoms with Crippen LogP contribution in [-0.2, 0) is 0 Å². The van der Waals surface area contributed by atoms with Crippen molar-refractivity contribution in [3.05, 3.63) is 63.7 Å². The molecule has 0 bridgehead atoms. The van der Waals surface area contributed by atoms with E-state index in [0.717, 1.165) is 11.1 Å². The van der Waals surface area contributed by atoms with Gasteiger partial charge < -0.3 is 14.9 Å². The number of nitro benzene ring substituents is 1. The molecule has 0 aliphatic carbocycles. The Bertz CT molecular complexity index is 907. The monoisotopic (exact) mass is 414 g/mol. The van der Waals surface area contributed by atoms with Gasteiger partial charge in [0, 0.05) is 23.7 Å². The number of rotatable bonds is 9. The number of nitrogens with zero attached hydrogens (tertiary/aromatic N) is 2. The first-order chi connectivity index (χ1) is 14.0. The molecule has 0 aromatic heterocycles. The molecule has 0 aliphatic rings. The van der Waals surface area contributed by atoms with Crippen LogP contribution in [0.5, 0.6) is 11.5 Å². The van der Waals surface area contributed by atoms with E-state index in [4.69, 9.17) is 4.74 Å². The van der Waals surface area contributed by atoms with E-state index >= 15 is 0 Å². The molecular weight excluding hydrogens is 384 g/mol. The van der Waals surface area contributed by atoms with Gasteiger partial charge in [0.15, 0.2) is 11.5 Å². The van der Waals surface area contributed by atoms with Gasteiger partial charge in [0.25, 0.3) is 5.69 Å². The number of benzene rings is 2. The minimum atomic E-state index is -0.515. The summed E-state index contributed by atoms with van der Waals surface area (Å²) in [5.74, 6) is -0.104.